The molecule has 1 aromatic heterocycles. The molecule has 2 fully saturated rings. The SMILES string of the molecule is CC(c1cccs1)N(C)C(=O)CCCN1C(=O)NC2(CCCC2)C1=O. The van der Waals surface area contributed by atoms with Crippen molar-refractivity contribution in [1.82, 2.24) is 15.1 Å². The molecule has 3 rings (SSSR count). The zero-order chi connectivity index (χ0) is 18.0. The third kappa shape index (κ3) is 3.42. The van der Waals surface area contributed by atoms with Crippen LogP contribution in [0.4, 0.5) is 4.79 Å². The van der Waals surface area contributed by atoms with E-state index in [9.17, 15) is 14.4 Å². The van der Waals surface area contributed by atoms with Crippen molar-refractivity contribution >= 4 is 29.2 Å². The Kier molecular flexibility index (Phi) is 5.13. The summed E-state index contributed by atoms with van der Waals surface area (Å²) in [5, 5.41) is 4.87. The lowest BCUT2D eigenvalue weighted by Crippen LogP contribution is -2.44. The van der Waals surface area contributed by atoms with Crippen LogP contribution in [-0.4, -0.2) is 46.8 Å². The monoisotopic (exact) mass is 363 g/mol. The predicted molar refractivity (Wildman–Crippen MR) is 96.2 cm³/mol. The van der Waals surface area contributed by atoms with E-state index in [4.69, 9.17) is 0 Å². The van der Waals surface area contributed by atoms with Gasteiger partial charge >= 0.3 is 6.03 Å². The van der Waals surface area contributed by atoms with E-state index in [1.54, 1.807) is 23.3 Å². The molecule has 1 aliphatic carbocycles. The van der Waals surface area contributed by atoms with Gasteiger partial charge in [0.2, 0.25) is 5.91 Å². The van der Waals surface area contributed by atoms with Crippen molar-refractivity contribution in [2.24, 2.45) is 0 Å². The summed E-state index contributed by atoms with van der Waals surface area (Å²) in [6, 6.07) is 3.73. The maximum atomic E-state index is 12.6. The van der Waals surface area contributed by atoms with Gasteiger partial charge in [0.25, 0.3) is 5.91 Å². The first kappa shape index (κ1) is 17.9. The molecule has 1 N–H and O–H groups in total. The first-order chi connectivity index (χ1) is 11.9. The number of hydrogen-bond donors (Lipinski definition) is 1. The van der Waals surface area contributed by atoms with Crippen LogP contribution in [0.2, 0.25) is 0 Å². The molecule has 0 aromatic carbocycles. The maximum absolute atomic E-state index is 12.6. The fraction of sp³-hybridized carbons (Fsp3) is 0.611. The highest BCUT2D eigenvalue weighted by molar-refractivity contribution is 7.10. The molecule has 136 valence electrons. The molecule has 1 unspecified atom stereocenters. The number of nitrogens with zero attached hydrogens (tertiary/aromatic N) is 2. The average Bonchev–Trinajstić information content (AvgIpc) is 3.32. The van der Waals surface area contributed by atoms with Crippen LogP contribution in [0.5, 0.6) is 0 Å². The summed E-state index contributed by atoms with van der Waals surface area (Å²) >= 11 is 1.63. The van der Waals surface area contributed by atoms with E-state index < -0.39 is 5.54 Å². The summed E-state index contributed by atoms with van der Waals surface area (Å²) in [7, 11) is 1.80. The third-order valence-electron chi connectivity index (χ3n) is 5.40. The largest absolute Gasteiger partial charge is 0.338 e. The number of amides is 4. The number of nitrogens with one attached hydrogen (secondary N) is 1. The lowest BCUT2D eigenvalue weighted by atomic mass is 9.98. The number of imide groups is 1. The highest BCUT2D eigenvalue weighted by atomic mass is 32.1. The molecular formula is C18H25N3O3S. The van der Waals surface area contributed by atoms with E-state index in [1.807, 2.05) is 24.4 Å². The molecule has 0 bridgehead atoms. The zero-order valence-corrected chi connectivity index (χ0v) is 15.6. The van der Waals surface area contributed by atoms with Gasteiger partial charge in [-0.2, -0.15) is 0 Å². The van der Waals surface area contributed by atoms with E-state index in [2.05, 4.69) is 5.32 Å². The van der Waals surface area contributed by atoms with Crippen molar-refractivity contribution in [2.75, 3.05) is 13.6 Å². The van der Waals surface area contributed by atoms with Crippen molar-refractivity contribution in [3.05, 3.63) is 22.4 Å². The van der Waals surface area contributed by atoms with Crippen LogP contribution in [0.25, 0.3) is 0 Å². The summed E-state index contributed by atoms with van der Waals surface area (Å²) in [5.74, 6) is -0.0775. The van der Waals surface area contributed by atoms with Gasteiger partial charge in [-0.3, -0.25) is 14.5 Å². The van der Waals surface area contributed by atoms with Gasteiger partial charge in [-0.25, -0.2) is 4.79 Å². The number of carbonyl (C=O) groups excluding carboxylic acids is 3. The van der Waals surface area contributed by atoms with Crippen molar-refractivity contribution in [1.29, 1.82) is 0 Å². The minimum Gasteiger partial charge on any atom is -0.338 e. The Morgan fingerprint density at radius 2 is 2.12 bits per heavy atom. The Morgan fingerprint density at radius 3 is 2.76 bits per heavy atom. The highest BCUT2D eigenvalue weighted by Crippen LogP contribution is 2.35. The predicted octanol–water partition coefficient (Wildman–Crippen LogP) is 2.91. The van der Waals surface area contributed by atoms with Crippen molar-refractivity contribution in [3.8, 4) is 0 Å². The molecule has 0 radical (unpaired) electrons. The second-order valence-corrected chi connectivity index (χ2v) is 7.96. The Morgan fingerprint density at radius 1 is 1.40 bits per heavy atom. The van der Waals surface area contributed by atoms with Gasteiger partial charge in [-0.05, 0) is 37.6 Å². The van der Waals surface area contributed by atoms with E-state index in [1.165, 1.54) is 4.90 Å². The highest BCUT2D eigenvalue weighted by Gasteiger charge is 2.52. The van der Waals surface area contributed by atoms with E-state index >= 15 is 0 Å². The van der Waals surface area contributed by atoms with Gasteiger partial charge in [0.15, 0.2) is 0 Å². The molecular weight excluding hydrogens is 338 g/mol. The molecule has 6 nitrogen and oxygen atoms in total. The summed E-state index contributed by atoms with van der Waals surface area (Å²) in [6.07, 6.45) is 4.24. The van der Waals surface area contributed by atoms with E-state index in [0.717, 1.165) is 30.6 Å². The first-order valence-corrected chi connectivity index (χ1v) is 9.76. The quantitative estimate of drug-likeness (QED) is 0.790. The standard InChI is InChI=1S/C18H25N3O3S/c1-13(14-7-6-12-25-14)20(2)15(22)8-5-11-21-16(23)18(19-17(21)24)9-3-4-10-18/h6-7,12-13H,3-5,8-11H2,1-2H3,(H,19,24). The molecule has 2 heterocycles. The molecule has 1 spiro atoms. The number of rotatable bonds is 6. The fourth-order valence-electron chi connectivity index (χ4n) is 3.70. The summed E-state index contributed by atoms with van der Waals surface area (Å²) in [5.41, 5.74) is -0.661. The number of carbonyl (C=O) groups is 3. The molecule has 1 atom stereocenters. The van der Waals surface area contributed by atoms with Crippen molar-refractivity contribution < 1.29 is 14.4 Å². The van der Waals surface area contributed by atoms with Gasteiger partial charge in [0.05, 0.1) is 6.04 Å². The average molecular weight is 363 g/mol. The van der Waals surface area contributed by atoms with Crippen LogP contribution in [0.15, 0.2) is 17.5 Å². The van der Waals surface area contributed by atoms with Gasteiger partial charge in [0.1, 0.15) is 5.54 Å². The van der Waals surface area contributed by atoms with Gasteiger partial charge in [-0.1, -0.05) is 18.9 Å². The summed E-state index contributed by atoms with van der Waals surface area (Å²) in [4.78, 5) is 41.2. The zero-order valence-electron chi connectivity index (χ0n) is 14.8. The fourth-order valence-corrected chi connectivity index (χ4v) is 4.52. The van der Waals surface area contributed by atoms with Crippen molar-refractivity contribution in [3.63, 3.8) is 0 Å². The van der Waals surface area contributed by atoms with E-state index in [0.29, 0.717) is 19.4 Å². The molecule has 1 saturated heterocycles. The van der Waals surface area contributed by atoms with Gasteiger partial charge < -0.3 is 10.2 Å². The third-order valence-corrected chi connectivity index (χ3v) is 6.45. The van der Waals surface area contributed by atoms with Crippen LogP contribution in [0.1, 0.15) is 56.4 Å². The summed E-state index contributed by atoms with van der Waals surface area (Å²) in [6.45, 7) is 2.31. The molecule has 2 aliphatic rings. The molecule has 4 amide bonds. The van der Waals surface area contributed by atoms with Gasteiger partial charge in [0, 0.05) is 24.9 Å². The minimum atomic E-state index is -0.661. The first-order valence-electron chi connectivity index (χ1n) is 8.88. The Balaban J connectivity index is 1.50. The maximum Gasteiger partial charge on any atom is 0.325 e. The normalized spacial score (nSPS) is 20.2. The Bertz CT molecular complexity index is 653. The molecule has 25 heavy (non-hydrogen) atoms. The Labute approximate surface area is 152 Å². The molecule has 7 heteroatoms. The second kappa shape index (κ2) is 7.15. The number of urea groups is 1. The van der Waals surface area contributed by atoms with E-state index in [-0.39, 0.29) is 23.9 Å². The van der Waals surface area contributed by atoms with Crippen LogP contribution in [0.3, 0.4) is 0 Å². The van der Waals surface area contributed by atoms with Crippen LogP contribution in [-0.2, 0) is 9.59 Å². The lowest BCUT2D eigenvalue weighted by Gasteiger charge is -2.24. The van der Waals surface area contributed by atoms with Crippen LogP contribution >= 0.6 is 11.3 Å². The molecule has 1 saturated carbocycles. The minimum absolute atomic E-state index is 0.0310. The Hall–Kier alpha value is -1.89. The smallest absolute Gasteiger partial charge is 0.325 e. The molecule has 1 aromatic rings. The van der Waals surface area contributed by atoms with Crippen LogP contribution in [0, 0.1) is 0 Å². The lowest BCUT2D eigenvalue weighted by molar-refractivity contribution is -0.133. The van der Waals surface area contributed by atoms with Crippen LogP contribution < -0.4 is 5.32 Å². The van der Waals surface area contributed by atoms with Gasteiger partial charge in [-0.15, -0.1) is 11.3 Å². The molecule has 1 aliphatic heterocycles. The topological polar surface area (TPSA) is 69.7 Å². The van der Waals surface area contributed by atoms with Crippen molar-refractivity contribution in [2.45, 2.75) is 57.0 Å². The number of hydrogen-bond acceptors (Lipinski definition) is 4. The summed E-state index contributed by atoms with van der Waals surface area (Å²) < 4.78 is 0. The number of thiophene rings is 1. The second-order valence-electron chi connectivity index (χ2n) is 6.98.